The Morgan fingerprint density at radius 3 is 2.69 bits per heavy atom. The van der Waals surface area contributed by atoms with Gasteiger partial charge in [-0.2, -0.15) is 0 Å². The van der Waals surface area contributed by atoms with Crippen LogP contribution in [0.2, 0.25) is 0 Å². The Balaban J connectivity index is 1.43. The molecule has 1 saturated heterocycles. The van der Waals surface area contributed by atoms with Gasteiger partial charge in [-0.3, -0.25) is 24.9 Å². The number of ether oxygens (including phenoxy) is 1. The van der Waals surface area contributed by atoms with E-state index in [0.29, 0.717) is 29.7 Å². The van der Waals surface area contributed by atoms with Crippen molar-refractivity contribution in [2.45, 2.75) is 82.7 Å². The first-order chi connectivity index (χ1) is 18.3. The topological polar surface area (TPSA) is 128 Å². The van der Waals surface area contributed by atoms with E-state index in [1.54, 1.807) is 20.8 Å². The zero-order valence-electron chi connectivity index (χ0n) is 22.9. The van der Waals surface area contributed by atoms with Gasteiger partial charge in [0, 0.05) is 23.2 Å². The first-order valence-electron chi connectivity index (χ1n) is 13.4. The average Bonchev–Trinajstić information content (AvgIpc) is 3.64. The first kappa shape index (κ1) is 27.1. The Bertz CT molecular complexity index is 1310. The molecule has 0 spiro atoms. The summed E-state index contributed by atoms with van der Waals surface area (Å²) in [6.45, 7) is 9.04. The normalized spacial score (nSPS) is 32.0. The number of benzene rings is 1. The average molecular weight is 538 g/mol. The third-order valence-electron chi connectivity index (χ3n) is 8.84. The van der Waals surface area contributed by atoms with Gasteiger partial charge in [0.1, 0.15) is 22.8 Å². The molecule has 1 aromatic carbocycles. The van der Waals surface area contributed by atoms with Crippen molar-refractivity contribution >= 4 is 17.8 Å². The van der Waals surface area contributed by atoms with E-state index in [1.165, 1.54) is 17.2 Å². The van der Waals surface area contributed by atoms with Crippen LogP contribution in [0.25, 0.3) is 0 Å². The van der Waals surface area contributed by atoms with Gasteiger partial charge in [0.05, 0.1) is 24.7 Å². The Labute approximate surface area is 227 Å². The highest BCUT2D eigenvalue weighted by Gasteiger charge is 2.57. The van der Waals surface area contributed by atoms with Gasteiger partial charge >= 0.3 is 0 Å². The molecular formula is C29H36FN5O4. The summed E-state index contributed by atoms with van der Waals surface area (Å²) in [5, 5.41) is 26.4. The fourth-order valence-electron chi connectivity index (χ4n) is 5.79. The predicted octanol–water partition coefficient (Wildman–Crippen LogP) is 3.60. The van der Waals surface area contributed by atoms with Gasteiger partial charge in [-0.15, -0.1) is 0 Å². The fraction of sp³-hybridized carbons (Fsp3) is 0.517. The Kier molecular flexibility index (Phi) is 6.44. The summed E-state index contributed by atoms with van der Waals surface area (Å²) in [4.78, 5) is 32.4. The molecule has 5 rings (SSSR count). The van der Waals surface area contributed by atoms with Crippen molar-refractivity contribution < 1.29 is 23.8 Å². The number of pyridine rings is 1. The number of fused-ring (bicyclic) bond motifs is 1. The molecule has 9 nitrogen and oxygen atoms in total. The van der Waals surface area contributed by atoms with E-state index in [4.69, 9.17) is 10.1 Å². The molecule has 208 valence electrons. The van der Waals surface area contributed by atoms with E-state index in [1.807, 2.05) is 38.1 Å². The van der Waals surface area contributed by atoms with Crippen molar-refractivity contribution in [2.75, 3.05) is 0 Å². The second kappa shape index (κ2) is 9.29. The van der Waals surface area contributed by atoms with E-state index >= 15 is 0 Å². The van der Waals surface area contributed by atoms with E-state index in [-0.39, 0.29) is 30.1 Å². The molecule has 0 radical (unpaired) electrons. The number of nitrogens with one attached hydrogen (secondary N) is 3. The maximum absolute atomic E-state index is 14.3. The molecule has 39 heavy (non-hydrogen) atoms. The van der Waals surface area contributed by atoms with Crippen LogP contribution in [0, 0.1) is 23.1 Å². The van der Waals surface area contributed by atoms with Crippen LogP contribution in [0.5, 0.6) is 5.75 Å². The van der Waals surface area contributed by atoms with Gasteiger partial charge in [-0.05, 0) is 64.2 Å². The summed E-state index contributed by atoms with van der Waals surface area (Å²) in [5.74, 6) is -1.45. The molecule has 2 aliphatic heterocycles. The quantitative estimate of drug-likeness (QED) is 0.446. The van der Waals surface area contributed by atoms with Crippen molar-refractivity contribution in [3.8, 4) is 5.75 Å². The number of halogens is 1. The summed E-state index contributed by atoms with van der Waals surface area (Å²) >= 11 is 0. The number of aromatic nitrogens is 1. The van der Waals surface area contributed by atoms with Gasteiger partial charge in [0.15, 0.2) is 5.96 Å². The molecule has 4 N–H and O–H groups in total. The standard InChI is InChI=1S/C29H36FN5O4/c1-6-28(4)13-22(36)35(26(31)34-28)23(16-11-17(30)15-32-14-16)19-12-20(19)25(37)33-24-18-9-7-8-10-21(18)39-27(2,3)29(24,5)38/h7-11,14-15,19-20,23-24,38H,6,12-13H2,1-5H3,(H2,31,34)(H,33,37)/t19?,20-,23?,24-,28-,29?/m1/s1. The predicted molar refractivity (Wildman–Crippen MR) is 142 cm³/mol. The maximum atomic E-state index is 14.3. The lowest BCUT2D eigenvalue weighted by Gasteiger charge is -2.49. The number of carbonyl (C=O) groups is 2. The summed E-state index contributed by atoms with van der Waals surface area (Å²) < 4.78 is 20.3. The van der Waals surface area contributed by atoms with Crippen molar-refractivity contribution in [2.24, 2.45) is 11.8 Å². The van der Waals surface area contributed by atoms with Crippen LogP contribution in [0.15, 0.2) is 42.7 Å². The SMILES string of the molecule is CC[C@]1(C)CC(=O)N(C(c2cncc(F)c2)C2C[C@H]2C(=O)N[C@@H]2c3ccccc3OC(C)(C)C2(C)O)C(=N)N1. The smallest absolute Gasteiger partial charge is 0.232 e. The van der Waals surface area contributed by atoms with Crippen molar-refractivity contribution in [1.29, 1.82) is 5.41 Å². The Morgan fingerprint density at radius 2 is 2.03 bits per heavy atom. The van der Waals surface area contributed by atoms with Gasteiger partial charge in [-0.1, -0.05) is 25.1 Å². The molecule has 1 saturated carbocycles. The van der Waals surface area contributed by atoms with Gasteiger partial charge in [0.25, 0.3) is 0 Å². The Hall–Kier alpha value is -3.53. The van der Waals surface area contributed by atoms with E-state index in [2.05, 4.69) is 15.6 Å². The number of amides is 2. The van der Waals surface area contributed by atoms with Crippen molar-refractivity contribution in [3.63, 3.8) is 0 Å². The number of nitrogens with zero attached hydrogens (tertiary/aromatic N) is 2. The Morgan fingerprint density at radius 1 is 1.31 bits per heavy atom. The highest BCUT2D eigenvalue weighted by atomic mass is 19.1. The number of guanidine groups is 1. The molecule has 3 aliphatic rings. The molecular weight excluding hydrogens is 501 g/mol. The van der Waals surface area contributed by atoms with Crippen LogP contribution in [0.1, 0.15) is 77.1 Å². The van der Waals surface area contributed by atoms with Crippen molar-refractivity contribution in [3.05, 3.63) is 59.7 Å². The molecule has 6 atom stereocenters. The molecule has 0 bridgehead atoms. The third-order valence-corrected chi connectivity index (χ3v) is 8.84. The zero-order valence-corrected chi connectivity index (χ0v) is 22.9. The van der Waals surface area contributed by atoms with E-state index in [9.17, 15) is 19.1 Å². The highest BCUT2D eigenvalue weighted by Crippen LogP contribution is 2.52. The number of aliphatic hydroxyl groups is 1. The molecule has 1 aliphatic carbocycles. The molecule has 3 heterocycles. The maximum Gasteiger partial charge on any atom is 0.232 e. The largest absolute Gasteiger partial charge is 0.484 e. The van der Waals surface area contributed by atoms with Gasteiger partial charge < -0.3 is 20.5 Å². The molecule has 2 aromatic rings. The molecule has 10 heteroatoms. The van der Waals surface area contributed by atoms with E-state index < -0.39 is 40.6 Å². The van der Waals surface area contributed by atoms with E-state index in [0.717, 1.165) is 6.20 Å². The minimum atomic E-state index is -1.42. The number of hydrogen-bond acceptors (Lipinski definition) is 6. The van der Waals surface area contributed by atoms with Crippen LogP contribution >= 0.6 is 0 Å². The third kappa shape index (κ3) is 4.64. The molecule has 2 fully saturated rings. The first-order valence-corrected chi connectivity index (χ1v) is 13.4. The van der Waals surface area contributed by atoms with Gasteiger partial charge in [-0.25, -0.2) is 4.39 Å². The molecule has 1 aromatic heterocycles. The van der Waals surface area contributed by atoms with Crippen LogP contribution in [-0.2, 0) is 9.59 Å². The zero-order chi connectivity index (χ0) is 28.3. The number of carbonyl (C=O) groups excluding carboxylic acids is 2. The summed E-state index contributed by atoms with van der Waals surface area (Å²) in [5.41, 5.74) is -1.85. The van der Waals surface area contributed by atoms with Crippen LogP contribution in [0.3, 0.4) is 0 Å². The van der Waals surface area contributed by atoms with Gasteiger partial charge in [0.2, 0.25) is 11.8 Å². The lowest BCUT2D eigenvalue weighted by Crippen LogP contribution is -2.62. The minimum absolute atomic E-state index is 0.0704. The molecule has 3 unspecified atom stereocenters. The fourth-order valence-corrected chi connectivity index (χ4v) is 5.79. The second-order valence-electron chi connectivity index (χ2n) is 12.0. The molecule has 2 amide bonds. The summed E-state index contributed by atoms with van der Waals surface area (Å²) in [7, 11) is 0. The second-order valence-corrected chi connectivity index (χ2v) is 12.0. The summed E-state index contributed by atoms with van der Waals surface area (Å²) in [6, 6.07) is 7.13. The number of para-hydroxylation sites is 1. The van der Waals surface area contributed by atoms with Crippen LogP contribution in [-0.4, -0.2) is 49.5 Å². The minimum Gasteiger partial charge on any atom is -0.484 e. The lowest BCUT2D eigenvalue weighted by molar-refractivity contribution is -0.148. The van der Waals surface area contributed by atoms with Crippen LogP contribution < -0.4 is 15.4 Å². The highest BCUT2D eigenvalue weighted by molar-refractivity contribution is 5.99. The lowest BCUT2D eigenvalue weighted by atomic mass is 9.75. The number of rotatable bonds is 6. The van der Waals surface area contributed by atoms with Crippen molar-refractivity contribution in [1.82, 2.24) is 20.5 Å². The monoisotopic (exact) mass is 537 g/mol. The number of hydrogen-bond donors (Lipinski definition) is 4. The van der Waals surface area contributed by atoms with Crippen LogP contribution in [0.4, 0.5) is 4.39 Å². The summed E-state index contributed by atoms with van der Waals surface area (Å²) in [6.07, 6.45) is 3.83.